The van der Waals surface area contributed by atoms with Gasteiger partial charge in [0.1, 0.15) is 0 Å². The Labute approximate surface area is 120 Å². The van der Waals surface area contributed by atoms with E-state index < -0.39 is 18.1 Å². The number of anilines is 1. The zero-order valence-corrected chi connectivity index (χ0v) is 11.4. The van der Waals surface area contributed by atoms with Crippen molar-refractivity contribution in [3.8, 4) is 0 Å². The standard InChI is InChI=1S/C15H16F3N3/c16-15(17,18)11-3-1-2-4-12(11)21-10-5-6-13-14(9-10)20-8-7-19-13/h5-9,11-12,21H,1-4H2. The topological polar surface area (TPSA) is 37.8 Å². The van der Waals surface area contributed by atoms with Gasteiger partial charge < -0.3 is 5.32 Å². The highest BCUT2D eigenvalue weighted by molar-refractivity contribution is 5.78. The first kappa shape index (κ1) is 14.1. The summed E-state index contributed by atoms with van der Waals surface area (Å²) in [5.41, 5.74) is 2.09. The summed E-state index contributed by atoms with van der Waals surface area (Å²) in [4.78, 5) is 8.33. The van der Waals surface area contributed by atoms with Crippen molar-refractivity contribution < 1.29 is 13.2 Å². The summed E-state index contributed by atoms with van der Waals surface area (Å²) in [5.74, 6) is -1.27. The van der Waals surface area contributed by atoms with Gasteiger partial charge in [0.15, 0.2) is 0 Å². The van der Waals surface area contributed by atoms with Crippen LogP contribution in [0.5, 0.6) is 0 Å². The first-order chi connectivity index (χ1) is 10.0. The fourth-order valence-electron chi connectivity index (χ4n) is 2.96. The summed E-state index contributed by atoms with van der Waals surface area (Å²) in [7, 11) is 0. The van der Waals surface area contributed by atoms with Crippen LogP contribution in [0, 0.1) is 5.92 Å². The third-order valence-corrected chi connectivity index (χ3v) is 4.01. The Kier molecular flexibility index (Phi) is 3.69. The molecule has 3 nitrogen and oxygen atoms in total. The Morgan fingerprint density at radius 3 is 2.48 bits per heavy atom. The minimum Gasteiger partial charge on any atom is -0.382 e. The summed E-state index contributed by atoms with van der Waals surface area (Å²) in [6, 6.07) is 4.73. The van der Waals surface area contributed by atoms with Gasteiger partial charge in [-0.15, -0.1) is 0 Å². The second-order valence-electron chi connectivity index (χ2n) is 5.44. The number of nitrogens with one attached hydrogen (secondary N) is 1. The van der Waals surface area contributed by atoms with Crippen molar-refractivity contribution in [2.24, 2.45) is 5.92 Å². The number of hydrogen-bond donors (Lipinski definition) is 1. The van der Waals surface area contributed by atoms with E-state index in [1.807, 2.05) is 0 Å². The van der Waals surface area contributed by atoms with Gasteiger partial charge in [-0.05, 0) is 31.0 Å². The van der Waals surface area contributed by atoms with Crippen LogP contribution >= 0.6 is 0 Å². The van der Waals surface area contributed by atoms with Crippen LogP contribution in [-0.2, 0) is 0 Å². The van der Waals surface area contributed by atoms with Crippen LogP contribution in [0.15, 0.2) is 30.6 Å². The van der Waals surface area contributed by atoms with E-state index in [0.29, 0.717) is 24.0 Å². The van der Waals surface area contributed by atoms with Crippen molar-refractivity contribution in [3.63, 3.8) is 0 Å². The highest BCUT2D eigenvalue weighted by Gasteiger charge is 2.45. The van der Waals surface area contributed by atoms with Crippen LogP contribution in [0.3, 0.4) is 0 Å². The lowest BCUT2D eigenvalue weighted by atomic mass is 9.84. The summed E-state index contributed by atoms with van der Waals surface area (Å²) < 4.78 is 39.3. The first-order valence-corrected chi connectivity index (χ1v) is 7.08. The van der Waals surface area contributed by atoms with Crippen LogP contribution < -0.4 is 5.32 Å². The number of nitrogens with zero attached hydrogens (tertiary/aromatic N) is 2. The third-order valence-electron chi connectivity index (χ3n) is 4.01. The molecular weight excluding hydrogens is 279 g/mol. The van der Waals surface area contributed by atoms with Gasteiger partial charge in [-0.3, -0.25) is 9.97 Å². The Morgan fingerprint density at radius 1 is 1.00 bits per heavy atom. The normalized spacial score (nSPS) is 23.2. The molecule has 0 amide bonds. The Morgan fingerprint density at radius 2 is 1.71 bits per heavy atom. The van der Waals surface area contributed by atoms with Crippen molar-refractivity contribution in [3.05, 3.63) is 30.6 Å². The molecule has 1 saturated carbocycles. The Bertz CT molecular complexity index is 627. The zero-order valence-electron chi connectivity index (χ0n) is 11.4. The number of alkyl halides is 3. The molecule has 1 fully saturated rings. The third kappa shape index (κ3) is 3.09. The molecule has 0 saturated heterocycles. The largest absolute Gasteiger partial charge is 0.393 e. The van der Waals surface area contributed by atoms with E-state index in [-0.39, 0.29) is 6.42 Å². The van der Waals surface area contributed by atoms with E-state index in [9.17, 15) is 13.2 Å². The van der Waals surface area contributed by atoms with Crippen molar-refractivity contribution in [2.45, 2.75) is 37.9 Å². The maximum atomic E-state index is 13.1. The van der Waals surface area contributed by atoms with E-state index in [1.54, 1.807) is 30.6 Å². The number of benzene rings is 1. The molecule has 0 bridgehead atoms. The van der Waals surface area contributed by atoms with Crippen molar-refractivity contribution >= 4 is 16.7 Å². The number of halogens is 3. The molecule has 1 N–H and O–H groups in total. The number of fused-ring (bicyclic) bond motifs is 1. The second-order valence-corrected chi connectivity index (χ2v) is 5.44. The molecule has 1 aliphatic carbocycles. The molecule has 3 rings (SSSR count). The van der Waals surface area contributed by atoms with Gasteiger partial charge in [0, 0.05) is 24.1 Å². The summed E-state index contributed by atoms with van der Waals surface area (Å²) >= 11 is 0. The molecule has 1 aromatic heterocycles. The zero-order chi connectivity index (χ0) is 14.9. The van der Waals surface area contributed by atoms with Gasteiger partial charge in [-0.1, -0.05) is 12.8 Å². The molecule has 1 aromatic carbocycles. The molecule has 1 aliphatic rings. The highest BCUT2D eigenvalue weighted by atomic mass is 19.4. The maximum Gasteiger partial charge on any atom is 0.393 e. The molecule has 1 heterocycles. The minimum atomic E-state index is -4.14. The van der Waals surface area contributed by atoms with Crippen molar-refractivity contribution in [1.29, 1.82) is 0 Å². The summed E-state index contributed by atoms with van der Waals surface area (Å²) in [5, 5.41) is 3.04. The van der Waals surface area contributed by atoms with E-state index in [1.165, 1.54) is 0 Å². The van der Waals surface area contributed by atoms with E-state index in [4.69, 9.17) is 0 Å². The number of aromatic nitrogens is 2. The molecule has 2 atom stereocenters. The molecule has 2 unspecified atom stereocenters. The van der Waals surface area contributed by atoms with E-state index in [0.717, 1.165) is 11.9 Å². The number of rotatable bonds is 2. The van der Waals surface area contributed by atoms with Crippen LogP contribution in [0.2, 0.25) is 0 Å². The van der Waals surface area contributed by atoms with Crippen LogP contribution in [0.1, 0.15) is 25.7 Å². The van der Waals surface area contributed by atoms with Crippen LogP contribution in [-0.4, -0.2) is 22.2 Å². The Hall–Kier alpha value is -1.85. The summed E-state index contributed by atoms with van der Waals surface area (Å²) in [6.45, 7) is 0. The fraction of sp³-hybridized carbons (Fsp3) is 0.467. The number of hydrogen-bond acceptors (Lipinski definition) is 3. The van der Waals surface area contributed by atoms with Gasteiger partial charge in [0.05, 0.1) is 17.0 Å². The molecule has 2 aromatic rings. The van der Waals surface area contributed by atoms with Gasteiger partial charge >= 0.3 is 6.18 Å². The second kappa shape index (κ2) is 5.50. The summed E-state index contributed by atoms with van der Waals surface area (Å²) in [6.07, 6.45) is 1.25. The fourth-order valence-corrected chi connectivity index (χ4v) is 2.96. The average Bonchev–Trinajstić information content (AvgIpc) is 2.46. The molecule has 0 radical (unpaired) electrons. The molecule has 112 valence electrons. The van der Waals surface area contributed by atoms with Gasteiger partial charge in [-0.2, -0.15) is 13.2 Å². The quantitative estimate of drug-likeness (QED) is 0.904. The SMILES string of the molecule is FC(F)(F)C1CCCCC1Nc1ccc2nccnc2c1. The predicted molar refractivity (Wildman–Crippen MR) is 75.0 cm³/mol. The van der Waals surface area contributed by atoms with E-state index >= 15 is 0 Å². The maximum absolute atomic E-state index is 13.1. The van der Waals surface area contributed by atoms with E-state index in [2.05, 4.69) is 15.3 Å². The monoisotopic (exact) mass is 295 g/mol. The predicted octanol–water partition coefficient (Wildman–Crippen LogP) is 4.16. The molecular formula is C15H16F3N3. The van der Waals surface area contributed by atoms with Crippen LogP contribution in [0.4, 0.5) is 18.9 Å². The van der Waals surface area contributed by atoms with Gasteiger partial charge in [0.2, 0.25) is 0 Å². The molecule has 21 heavy (non-hydrogen) atoms. The average molecular weight is 295 g/mol. The molecule has 0 aliphatic heterocycles. The van der Waals surface area contributed by atoms with Crippen molar-refractivity contribution in [2.75, 3.05) is 5.32 Å². The molecule has 0 spiro atoms. The lowest BCUT2D eigenvalue weighted by Gasteiger charge is -2.34. The van der Waals surface area contributed by atoms with Crippen molar-refractivity contribution in [1.82, 2.24) is 9.97 Å². The first-order valence-electron chi connectivity index (χ1n) is 7.08. The highest BCUT2D eigenvalue weighted by Crippen LogP contribution is 2.39. The Balaban J connectivity index is 1.82. The minimum absolute atomic E-state index is 0.203. The van der Waals surface area contributed by atoms with Crippen LogP contribution in [0.25, 0.3) is 11.0 Å². The smallest absolute Gasteiger partial charge is 0.382 e. The van der Waals surface area contributed by atoms with Gasteiger partial charge in [0.25, 0.3) is 0 Å². The molecule has 6 heteroatoms. The lowest BCUT2D eigenvalue weighted by Crippen LogP contribution is -2.41. The lowest BCUT2D eigenvalue weighted by molar-refractivity contribution is -0.184. The van der Waals surface area contributed by atoms with Gasteiger partial charge in [-0.25, -0.2) is 0 Å².